The highest BCUT2D eigenvalue weighted by molar-refractivity contribution is 5.41. The van der Waals surface area contributed by atoms with Gasteiger partial charge in [0.15, 0.2) is 0 Å². The second-order valence-corrected chi connectivity index (χ2v) is 6.16. The number of nitrogens with one attached hydrogen (secondary N) is 1. The summed E-state index contributed by atoms with van der Waals surface area (Å²) in [5, 5.41) is 14.4. The van der Waals surface area contributed by atoms with E-state index in [4.69, 9.17) is 0 Å². The van der Waals surface area contributed by atoms with Gasteiger partial charge in [-0.05, 0) is 23.3 Å². The zero-order valence-corrected chi connectivity index (χ0v) is 14.3. The molecule has 0 aromatic heterocycles. The van der Waals surface area contributed by atoms with Crippen molar-refractivity contribution in [2.75, 3.05) is 26.2 Å². The molecular formula is C18H18F3N3O3. The molecule has 9 heteroatoms. The Morgan fingerprint density at radius 3 is 2.33 bits per heavy atom. The third-order valence-electron chi connectivity index (χ3n) is 4.34. The molecule has 1 fully saturated rings. The Kier molecular flexibility index (Phi) is 5.62. The molecule has 0 spiro atoms. The van der Waals surface area contributed by atoms with E-state index in [1.165, 1.54) is 24.3 Å². The fourth-order valence-corrected chi connectivity index (χ4v) is 3.21. The monoisotopic (exact) mass is 381 g/mol. The molecule has 144 valence electrons. The number of hydrogen-bond acceptors (Lipinski definition) is 5. The number of non-ortho nitro benzene ring substituents is 1. The third kappa shape index (κ3) is 4.95. The van der Waals surface area contributed by atoms with Crippen LogP contribution in [0.2, 0.25) is 0 Å². The van der Waals surface area contributed by atoms with E-state index in [1.54, 1.807) is 24.3 Å². The minimum atomic E-state index is -4.75. The summed E-state index contributed by atoms with van der Waals surface area (Å²) >= 11 is 0. The first-order valence-corrected chi connectivity index (χ1v) is 8.38. The van der Waals surface area contributed by atoms with Crippen LogP contribution < -0.4 is 10.1 Å². The van der Waals surface area contributed by atoms with Crippen LogP contribution in [-0.4, -0.2) is 42.4 Å². The minimum Gasteiger partial charge on any atom is -0.406 e. The van der Waals surface area contributed by atoms with Crippen molar-refractivity contribution < 1.29 is 22.8 Å². The van der Waals surface area contributed by atoms with E-state index in [0.717, 1.165) is 24.2 Å². The molecule has 1 saturated heterocycles. The van der Waals surface area contributed by atoms with Gasteiger partial charge >= 0.3 is 6.36 Å². The lowest BCUT2D eigenvalue weighted by Crippen LogP contribution is -2.45. The fourth-order valence-electron chi connectivity index (χ4n) is 3.21. The summed E-state index contributed by atoms with van der Waals surface area (Å²) in [6.07, 6.45) is -4.75. The first-order chi connectivity index (χ1) is 12.8. The van der Waals surface area contributed by atoms with Crippen molar-refractivity contribution in [3.63, 3.8) is 0 Å². The number of rotatable bonds is 5. The molecule has 1 aliphatic rings. The fraction of sp³-hybridized carbons (Fsp3) is 0.333. The highest BCUT2D eigenvalue weighted by Crippen LogP contribution is 2.32. The van der Waals surface area contributed by atoms with Gasteiger partial charge < -0.3 is 10.1 Å². The maximum atomic E-state index is 12.4. The number of hydrogen-bond donors (Lipinski definition) is 1. The highest BCUT2D eigenvalue weighted by atomic mass is 19.4. The number of ether oxygens (including phenoxy) is 1. The van der Waals surface area contributed by atoms with Crippen LogP contribution in [0.25, 0.3) is 0 Å². The molecule has 27 heavy (non-hydrogen) atoms. The molecule has 0 saturated carbocycles. The summed E-state index contributed by atoms with van der Waals surface area (Å²) < 4.78 is 41.1. The topological polar surface area (TPSA) is 67.6 Å². The molecule has 1 N–H and O–H groups in total. The molecule has 6 nitrogen and oxygen atoms in total. The number of benzene rings is 2. The predicted octanol–water partition coefficient (Wildman–Crippen LogP) is 3.49. The van der Waals surface area contributed by atoms with E-state index in [0.29, 0.717) is 13.1 Å². The largest absolute Gasteiger partial charge is 0.573 e. The molecule has 0 aliphatic carbocycles. The molecule has 0 bridgehead atoms. The maximum Gasteiger partial charge on any atom is 0.573 e. The SMILES string of the molecule is O=[N+]([O-])c1cccc([C@@H](c2ccc(OC(F)(F)F)cc2)N2CCNCC2)c1. The van der Waals surface area contributed by atoms with Gasteiger partial charge in [-0.15, -0.1) is 13.2 Å². The second-order valence-electron chi connectivity index (χ2n) is 6.16. The van der Waals surface area contributed by atoms with Gasteiger partial charge in [0.25, 0.3) is 5.69 Å². The van der Waals surface area contributed by atoms with Crippen molar-refractivity contribution in [2.45, 2.75) is 12.4 Å². The average Bonchev–Trinajstić information content (AvgIpc) is 2.63. The molecule has 2 aromatic carbocycles. The molecule has 0 amide bonds. The predicted molar refractivity (Wildman–Crippen MR) is 92.5 cm³/mol. The number of nitro groups is 1. The van der Waals surface area contributed by atoms with E-state index in [1.807, 2.05) is 0 Å². The second kappa shape index (κ2) is 7.93. The summed E-state index contributed by atoms with van der Waals surface area (Å²) in [5.41, 5.74) is 1.44. The summed E-state index contributed by atoms with van der Waals surface area (Å²) in [6, 6.07) is 11.7. The third-order valence-corrected chi connectivity index (χ3v) is 4.34. The number of nitrogens with zero attached hydrogens (tertiary/aromatic N) is 2. The van der Waals surface area contributed by atoms with E-state index < -0.39 is 11.3 Å². The van der Waals surface area contributed by atoms with Crippen LogP contribution in [0.5, 0.6) is 5.75 Å². The molecule has 0 radical (unpaired) electrons. The van der Waals surface area contributed by atoms with E-state index in [-0.39, 0.29) is 17.5 Å². The Labute approximate surface area is 153 Å². The van der Waals surface area contributed by atoms with Crippen molar-refractivity contribution in [3.05, 3.63) is 69.8 Å². The number of nitro benzene ring substituents is 1. The lowest BCUT2D eigenvalue weighted by molar-refractivity contribution is -0.384. The Morgan fingerprint density at radius 1 is 1.07 bits per heavy atom. The molecule has 1 atom stereocenters. The summed E-state index contributed by atoms with van der Waals surface area (Å²) in [7, 11) is 0. The minimum absolute atomic E-state index is 0.0235. The lowest BCUT2D eigenvalue weighted by atomic mass is 9.96. The van der Waals surface area contributed by atoms with Crippen LogP contribution in [0.4, 0.5) is 18.9 Å². The Bertz CT molecular complexity index is 790. The van der Waals surface area contributed by atoms with Gasteiger partial charge in [0.05, 0.1) is 11.0 Å². The summed E-state index contributed by atoms with van der Waals surface area (Å²) in [5.74, 6) is -0.302. The maximum absolute atomic E-state index is 12.4. The zero-order chi connectivity index (χ0) is 19.4. The van der Waals surface area contributed by atoms with E-state index in [9.17, 15) is 23.3 Å². The van der Waals surface area contributed by atoms with Crippen molar-refractivity contribution in [2.24, 2.45) is 0 Å². The molecule has 3 rings (SSSR count). The quantitative estimate of drug-likeness (QED) is 0.634. The molecule has 1 aliphatic heterocycles. The van der Waals surface area contributed by atoms with Gasteiger partial charge in [-0.2, -0.15) is 0 Å². The van der Waals surface area contributed by atoms with Crippen LogP contribution >= 0.6 is 0 Å². The van der Waals surface area contributed by atoms with Gasteiger partial charge in [-0.25, -0.2) is 0 Å². The van der Waals surface area contributed by atoms with Crippen LogP contribution in [0.3, 0.4) is 0 Å². The van der Waals surface area contributed by atoms with Crippen LogP contribution in [0.1, 0.15) is 17.2 Å². The average molecular weight is 381 g/mol. The molecule has 0 unspecified atom stereocenters. The summed E-state index contributed by atoms with van der Waals surface area (Å²) in [4.78, 5) is 12.8. The van der Waals surface area contributed by atoms with Crippen molar-refractivity contribution in [1.82, 2.24) is 10.2 Å². The smallest absolute Gasteiger partial charge is 0.406 e. The van der Waals surface area contributed by atoms with Crippen LogP contribution in [0, 0.1) is 10.1 Å². The number of piperazine rings is 1. The molecular weight excluding hydrogens is 363 g/mol. The Balaban J connectivity index is 1.95. The van der Waals surface area contributed by atoms with Gasteiger partial charge in [0, 0.05) is 38.3 Å². The normalized spacial score (nSPS) is 16.7. The van der Waals surface area contributed by atoms with Gasteiger partial charge in [-0.3, -0.25) is 15.0 Å². The first-order valence-electron chi connectivity index (χ1n) is 8.38. The van der Waals surface area contributed by atoms with Gasteiger partial charge in [0.2, 0.25) is 0 Å². The van der Waals surface area contributed by atoms with Crippen LogP contribution in [-0.2, 0) is 0 Å². The van der Waals surface area contributed by atoms with Gasteiger partial charge in [0.1, 0.15) is 5.75 Å². The van der Waals surface area contributed by atoms with Crippen molar-refractivity contribution in [1.29, 1.82) is 0 Å². The number of halogens is 3. The van der Waals surface area contributed by atoms with Crippen molar-refractivity contribution in [3.8, 4) is 5.75 Å². The van der Waals surface area contributed by atoms with E-state index in [2.05, 4.69) is 15.0 Å². The number of alkyl halides is 3. The molecule has 1 heterocycles. The van der Waals surface area contributed by atoms with E-state index >= 15 is 0 Å². The standard InChI is InChI=1S/C18H18F3N3O3/c19-18(20,21)27-16-6-4-13(5-7-16)17(23-10-8-22-9-11-23)14-2-1-3-15(12-14)24(25)26/h1-7,12,17,22H,8-11H2/t17-/m1/s1. The van der Waals surface area contributed by atoms with Crippen LogP contribution in [0.15, 0.2) is 48.5 Å². The summed E-state index contributed by atoms with van der Waals surface area (Å²) in [6.45, 7) is 2.96. The Morgan fingerprint density at radius 2 is 1.74 bits per heavy atom. The zero-order valence-electron chi connectivity index (χ0n) is 14.3. The van der Waals surface area contributed by atoms with Crippen molar-refractivity contribution >= 4 is 5.69 Å². The lowest BCUT2D eigenvalue weighted by Gasteiger charge is -2.35. The van der Waals surface area contributed by atoms with Gasteiger partial charge in [-0.1, -0.05) is 24.3 Å². The first kappa shape index (κ1) is 19.1. The Hall–Kier alpha value is -2.65. The highest BCUT2D eigenvalue weighted by Gasteiger charge is 2.31. The molecule has 2 aromatic rings.